The fourth-order valence-electron chi connectivity index (χ4n) is 2.04. The average Bonchev–Trinajstić information content (AvgIpc) is 2.67. The molecule has 1 atom stereocenters. The van der Waals surface area contributed by atoms with E-state index in [0.717, 1.165) is 11.0 Å². The second-order valence-electron chi connectivity index (χ2n) is 4.35. The highest BCUT2D eigenvalue weighted by Crippen LogP contribution is 2.43. The first-order valence-electron chi connectivity index (χ1n) is 5.72. The first-order valence-corrected chi connectivity index (χ1v) is 6.89. The Morgan fingerprint density at radius 3 is 2.67 bits per heavy atom. The van der Waals surface area contributed by atoms with Crippen molar-refractivity contribution in [3.05, 3.63) is 21.6 Å². The van der Waals surface area contributed by atoms with E-state index in [1.807, 2.05) is 0 Å². The van der Waals surface area contributed by atoms with Gasteiger partial charge >= 0.3 is 6.36 Å². The predicted octanol–water partition coefficient (Wildman–Crippen LogP) is 3.99. The van der Waals surface area contributed by atoms with Crippen molar-refractivity contribution in [2.45, 2.75) is 12.8 Å². The van der Waals surface area contributed by atoms with Crippen molar-refractivity contribution < 1.29 is 22.7 Å². The summed E-state index contributed by atoms with van der Waals surface area (Å²) in [6.45, 7) is 0.102. The molecule has 0 N–H and O–H groups in total. The van der Waals surface area contributed by atoms with Gasteiger partial charge in [0, 0.05) is 23.4 Å². The Morgan fingerprint density at radius 1 is 1.48 bits per heavy atom. The van der Waals surface area contributed by atoms with Gasteiger partial charge in [0.1, 0.15) is 5.69 Å². The molecule has 0 saturated carbocycles. The summed E-state index contributed by atoms with van der Waals surface area (Å²) >= 11 is 9.01. The minimum Gasteiger partial charge on any atom is -0.403 e. The summed E-state index contributed by atoms with van der Waals surface area (Å²) < 4.78 is 41.8. The molecule has 1 aliphatic heterocycles. The van der Waals surface area contributed by atoms with Crippen molar-refractivity contribution in [3.63, 3.8) is 0 Å². The molecule has 21 heavy (non-hydrogen) atoms. The highest BCUT2D eigenvalue weighted by molar-refractivity contribution is 9.10. The molecule has 1 aromatic rings. The number of halogens is 5. The maximum absolute atomic E-state index is 12.5. The summed E-state index contributed by atoms with van der Waals surface area (Å²) in [4.78, 5) is 13.0. The molecule has 0 radical (unpaired) electrons. The van der Waals surface area contributed by atoms with Gasteiger partial charge in [-0.1, -0.05) is 27.5 Å². The van der Waals surface area contributed by atoms with Crippen LogP contribution in [0.25, 0.3) is 0 Å². The first kappa shape index (κ1) is 16.0. The van der Waals surface area contributed by atoms with Crippen molar-refractivity contribution in [1.29, 1.82) is 0 Å². The molecule has 1 aliphatic rings. The molecule has 1 amide bonds. The molecule has 0 bridgehead atoms. The van der Waals surface area contributed by atoms with Crippen LogP contribution < -0.4 is 9.64 Å². The lowest BCUT2D eigenvalue weighted by molar-refractivity contribution is -0.274. The fourth-order valence-corrected chi connectivity index (χ4v) is 2.92. The molecule has 2 rings (SSSR count). The van der Waals surface area contributed by atoms with Crippen LogP contribution in [0.1, 0.15) is 6.42 Å². The first-order chi connectivity index (χ1) is 9.71. The Kier molecular flexibility index (Phi) is 4.40. The van der Waals surface area contributed by atoms with Gasteiger partial charge in [-0.25, -0.2) is 0 Å². The van der Waals surface area contributed by atoms with Crippen molar-refractivity contribution in [1.82, 2.24) is 0 Å². The summed E-state index contributed by atoms with van der Waals surface area (Å²) in [6.07, 6.45) is 0.426. The van der Waals surface area contributed by atoms with Crippen LogP contribution >= 0.6 is 27.5 Å². The lowest BCUT2D eigenvalue weighted by Gasteiger charge is -2.22. The van der Waals surface area contributed by atoms with Gasteiger partial charge in [-0.2, -0.15) is 0 Å². The highest BCUT2D eigenvalue weighted by atomic mass is 79.9. The van der Waals surface area contributed by atoms with Crippen molar-refractivity contribution in [2.24, 2.45) is 5.92 Å². The molecule has 0 aliphatic carbocycles. The molecule has 1 saturated heterocycles. The monoisotopic (exact) mass is 381 g/mol. The van der Waals surface area contributed by atoms with Gasteiger partial charge in [-0.15, -0.1) is 25.5 Å². The van der Waals surface area contributed by atoms with E-state index >= 15 is 0 Å². The minimum atomic E-state index is -4.90. The second-order valence-corrected chi connectivity index (χ2v) is 5.68. The number of terminal acetylenes is 1. The molecular weight excluding hydrogens is 374 g/mol. The highest BCUT2D eigenvalue weighted by Gasteiger charge is 2.37. The summed E-state index contributed by atoms with van der Waals surface area (Å²) in [7, 11) is 0. The molecule has 112 valence electrons. The Hall–Kier alpha value is -1.39. The van der Waals surface area contributed by atoms with Crippen LogP contribution in [0.5, 0.6) is 5.75 Å². The number of benzene rings is 1. The number of carbonyl (C=O) groups is 1. The van der Waals surface area contributed by atoms with E-state index in [0.29, 0.717) is 4.47 Å². The molecular formula is C13H8BrClF3NO2. The summed E-state index contributed by atoms with van der Waals surface area (Å²) in [5, 5.41) is -0.0327. The van der Waals surface area contributed by atoms with Gasteiger partial charge < -0.3 is 9.64 Å². The largest absolute Gasteiger partial charge is 0.573 e. The summed E-state index contributed by atoms with van der Waals surface area (Å²) in [6, 6.07) is 2.49. The van der Waals surface area contributed by atoms with E-state index < -0.39 is 18.0 Å². The second kappa shape index (κ2) is 5.78. The number of rotatable bonds is 2. The van der Waals surface area contributed by atoms with Crippen molar-refractivity contribution in [3.8, 4) is 18.1 Å². The zero-order chi connectivity index (χ0) is 15.8. The third kappa shape index (κ3) is 3.63. The molecule has 0 aromatic heterocycles. The number of hydrogen-bond acceptors (Lipinski definition) is 2. The number of amides is 1. The Bertz CT molecular complexity index is 627. The van der Waals surface area contributed by atoms with Gasteiger partial charge in [-0.05, 0) is 12.1 Å². The molecule has 1 fully saturated rings. The van der Waals surface area contributed by atoms with Crippen LogP contribution in [0.15, 0.2) is 16.6 Å². The zero-order valence-electron chi connectivity index (χ0n) is 10.4. The fraction of sp³-hybridized carbons (Fsp3) is 0.308. The van der Waals surface area contributed by atoms with E-state index in [4.69, 9.17) is 18.0 Å². The Morgan fingerprint density at radius 2 is 2.14 bits per heavy atom. The van der Waals surface area contributed by atoms with E-state index in [9.17, 15) is 18.0 Å². The Labute approximate surface area is 132 Å². The van der Waals surface area contributed by atoms with E-state index in [2.05, 4.69) is 26.6 Å². The average molecular weight is 383 g/mol. The zero-order valence-corrected chi connectivity index (χ0v) is 12.7. The number of nitrogens with zero attached hydrogens (tertiary/aromatic N) is 1. The maximum atomic E-state index is 12.5. The van der Waals surface area contributed by atoms with Gasteiger partial charge in [0.25, 0.3) is 0 Å². The summed E-state index contributed by atoms with van der Waals surface area (Å²) in [5.74, 6) is 1.11. The molecule has 8 heteroatoms. The van der Waals surface area contributed by atoms with Gasteiger partial charge in [0.2, 0.25) is 5.91 Å². The summed E-state index contributed by atoms with van der Waals surface area (Å²) in [5.41, 5.74) is -0.125. The third-order valence-corrected chi connectivity index (χ3v) is 3.60. The van der Waals surface area contributed by atoms with E-state index in [1.54, 1.807) is 0 Å². The number of carbonyl (C=O) groups excluding carboxylic acids is 1. The molecule has 0 spiro atoms. The minimum absolute atomic E-state index is 0.0327. The van der Waals surface area contributed by atoms with Crippen LogP contribution in [0.2, 0.25) is 5.02 Å². The van der Waals surface area contributed by atoms with Crippen LogP contribution in [0.4, 0.5) is 18.9 Å². The van der Waals surface area contributed by atoms with Crippen molar-refractivity contribution >= 4 is 39.1 Å². The molecule has 1 unspecified atom stereocenters. The lowest BCUT2D eigenvalue weighted by atomic mass is 10.1. The number of ether oxygens (including phenoxy) is 1. The van der Waals surface area contributed by atoms with Crippen LogP contribution in [-0.2, 0) is 4.79 Å². The normalized spacial score (nSPS) is 18.8. The quantitative estimate of drug-likeness (QED) is 0.724. The van der Waals surface area contributed by atoms with E-state index in [-0.39, 0.29) is 29.6 Å². The van der Waals surface area contributed by atoms with Crippen LogP contribution in [-0.4, -0.2) is 18.8 Å². The van der Waals surface area contributed by atoms with Gasteiger partial charge in [0.05, 0.1) is 5.02 Å². The van der Waals surface area contributed by atoms with Crippen LogP contribution in [0, 0.1) is 18.3 Å². The van der Waals surface area contributed by atoms with Gasteiger partial charge in [-0.3, -0.25) is 4.79 Å². The molecule has 1 aromatic carbocycles. The number of alkyl halides is 3. The standard InChI is InChI=1S/C13H8BrClF3NO2/c1-2-7-3-11(20)19(6-7)12-9(15)4-8(14)5-10(12)21-13(16,17)18/h1,4-5,7H,3,6H2. The van der Waals surface area contributed by atoms with Gasteiger partial charge in [0.15, 0.2) is 5.75 Å². The third-order valence-electron chi connectivity index (χ3n) is 2.85. The smallest absolute Gasteiger partial charge is 0.403 e. The van der Waals surface area contributed by atoms with E-state index in [1.165, 1.54) is 6.07 Å². The topological polar surface area (TPSA) is 29.5 Å². The predicted molar refractivity (Wildman–Crippen MR) is 75.1 cm³/mol. The van der Waals surface area contributed by atoms with Crippen LogP contribution in [0.3, 0.4) is 0 Å². The lowest BCUT2D eigenvalue weighted by Crippen LogP contribution is -2.27. The van der Waals surface area contributed by atoms with Crippen molar-refractivity contribution in [2.75, 3.05) is 11.4 Å². The molecule has 1 heterocycles. The maximum Gasteiger partial charge on any atom is 0.573 e. The molecule has 3 nitrogen and oxygen atoms in total. The number of hydrogen-bond donors (Lipinski definition) is 0. The SMILES string of the molecule is C#CC1CC(=O)N(c2c(Cl)cc(Br)cc2OC(F)(F)F)C1. The number of anilines is 1. The Balaban J connectivity index is 2.48.